The number of hydrogen-bond acceptors (Lipinski definition) is 4. The highest BCUT2D eigenvalue weighted by Crippen LogP contribution is 2.16. The maximum absolute atomic E-state index is 12.3. The summed E-state index contributed by atoms with van der Waals surface area (Å²) in [5, 5.41) is 3.12. The van der Waals surface area contributed by atoms with Crippen LogP contribution in [-0.2, 0) is 4.79 Å². The van der Waals surface area contributed by atoms with E-state index in [2.05, 4.69) is 10.3 Å². The van der Waals surface area contributed by atoms with Crippen molar-refractivity contribution < 1.29 is 4.79 Å². The summed E-state index contributed by atoms with van der Waals surface area (Å²) in [6.45, 7) is 5.52. The summed E-state index contributed by atoms with van der Waals surface area (Å²) in [5.74, 6) is 0.793. The van der Waals surface area contributed by atoms with E-state index in [1.54, 1.807) is 12.3 Å². The number of hydrogen-bond donors (Lipinski definition) is 2. The maximum atomic E-state index is 12.3. The van der Waals surface area contributed by atoms with Crippen LogP contribution >= 0.6 is 0 Å². The molecule has 1 aromatic heterocycles. The zero-order valence-electron chi connectivity index (χ0n) is 11.6. The first-order chi connectivity index (χ1) is 9.08. The van der Waals surface area contributed by atoms with Crippen LogP contribution in [0.4, 0.5) is 11.5 Å². The Kier molecular flexibility index (Phi) is 4.24. The van der Waals surface area contributed by atoms with Gasteiger partial charge in [0, 0.05) is 31.0 Å². The SMILES string of the molecule is Cc1cnc(NC(C)C(=O)N2CCCCC2)cc1N. The summed E-state index contributed by atoms with van der Waals surface area (Å²) in [4.78, 5) is 18.4. The Bertz CT molecular complexity index is 455. The van der Waals surface area contributed by atoms with E-state index >= 15 is 0 Å². The summed E-state index contributed by atoms with van der Waals surface area (Å²) in [5.41, 5.74) is 7.47. The van der Waals surface area contributed by atoms with E-state index in [4.69, 9.17) is 5.73 Å². The molecule has 5 heteroatoms. The number of carbonyl (C=O) groups excluding carboxylic acids is 1. The van der Waals surface area contributed by atoms with E-state index in [0.29, 0.717) is 11.5 Å². The lowest BCUT2D eigenvalue weighted by atomic mass is 10.1. The number of nitrogens with zero attached hydrogens (tertiary/aromatic N) is 2. The van der Waals surface area contributed by atoms with E-state index in [1.165, 1.54) is 6.42 Å². The number of likely N-dealkylation sites (tertiary alicyclic amines) is 1. The molecular formula is C14H22N4O. The Morgan fingerprint density at radius 2 is 2.11 bits per heavy atom. The second kappa shape index (κ2) is 5.91. The largest absolute Gasteiger partial charge is 0.398 e. The third-order valence-electron chi connectivity index (χ3n) is 3.55. The molecule has 5 nitrogen and oxygen atoms in total. The van der Waals surface area contributed by atoms with Crippen LogP contribution < -0.4 is 11.1 Å². The summed E-state index contributed by atoms with van der Waals surface area (Å²) in [6.07, 6.45) is 5.15. The van der Waals surface area contributed by atoms with Crippen LogP contribution in [0.25, 0.3) is 0 Å². The van der Waals surface area contributed by atoms with Gasteiger partial charge in [0.2, 0.25) is 5.91 Å². The van der Waals surface area contributed by atoms with Gasteiger partial charge in [0.05, 0.1) is 0 Å². The lowest BCUT2D eigenvalue weighted by Gasteiger charge is -2.29. The third-order valence-corrected chi connectivity index (χ3v) is 3.55. The molecule has 0 bridgehead atoms. The Labute approximate surface area is 114 Å². The number of anilines is 2. The Morgan fingerprint density at radius 1 is 1.42 bits per heavy atom. The van der Waals surface area contributed by atoms with E-state index in [9.17, 15) is 4.79 Å². The van der Waals surface area contributed by atoms with Crippen LogP contribution in [0.2, 0.25) is 0 Å². The van der Waals surface area contributed by atoms with Gasteiger partial charge in [-0.1, -0.05) is 0 Å². The van der Waals surface area contributed by atoms with Crippen molar-refractivity contribution in [2.75, 3.05) is 24.1 Å². The second-order valence-electron chi connectivity index (χ2n) is 5.18. The molecule has 2 heterocycles. The first-order valence-corrected chi connectivity index (χ1v) is 6.85. The molecule has 19 heavy (non-hydrogen) atoms. The standard InChI is InChI=1S/C14H22N4O/c1-10-9-16-13(8-12(10)15)17-11(2)14(19)18-6-4-3-5-7-18/h8-9,11H,3-7H2,1-2H3,(H3,15,16,17). The summed E-state index contributed by atoms with van der Waals surface area (Å²) in [6, 6.07) is 1.50. The molecule has 1 aliphatic heterocycles. The first kappa shape index (κ1) is 13.6. The van der Waals surface area contributed by atoms with Crippen molar-refractivity contribution in [1.82, 2.24) is 9.88 Å². The van der Waals surface area contributed by atoms with Gasteiger partial charge < -0.3 is 16.0 Å². The number of amides is 1. The molecule has 1 atom stereocenters. The van der Waals surface area contributed by atoms with Gasteiger partial charge in [0.1, 0.15) is 11.9 Å². The van der Waals surface area contributed by atoms with E-state index in [0.717, 1.165) is 31.5 Å². The Balaban J connectivity index is 1.97. The zero-order chi connectivity index (χ0) is 13.8. The van der Waals surface area contributed by atoms with Gasteiger partial charge in [0.25, 0.3) is 0 Å². The van der Waals surface area contributed by atoms with Gasteiger partial charge in [-0.2, -0.15) is 0 Å². The van der Waals surface area contributed by atoms with E-state index in [1.807, 2.05) is 18.7 Å². The predicted octanol–water partition coefficient (Wildman–Crippen LogP) is 1.79. The average Bonchev–Trinajstić information content (AvgIpc) is 2.43. The molecule has 3 N–H and O–H groups in total. The molecule has 1 saturated heterocycles. The lowest BCUT2D eigenvalue weighted by molar-refractivity contribution is -0.132. The molecule has 0 spiro atoms. The summed E-state index contributed by atoms with van der Waals surface area (Å²) < 4.78 is 0. The number of piperidine rings is 1. The summed E-state index contributed by atoms with van der Waals surface area (Å²) >= 11 is 0. The fourth-order valence-corrected chi connectivity index (χ4v) is 2.29. The van der Waals surface area contributed by atoms with E-state index < -0.39 is 0 Å². The Morgan fingerprint density at radius 3 is 2.74 bits per heavy atom. The normalized spacial score (nSPS) is 17.1. The van der Waals surface area contributed by atoms with E-state index in [-0.39, 0.29) is 11.9 Å². The molecule has 1 unspecified atom stereocenters. The van der Waals surface area contributed by atoms with Crippen molar-refractivity contribution in [1.29, 1.82) is 0 Å². The topological polar surface area (TPSA) is 71.2 Å². The van der Waals surface area contributed by atoms with Gasteiger partial charge >= 0.3 is 0 Å². The second-order valence-corrected chi connectivity index (χ2v) is 5.18. The highest BCUT2D eigenvalue weighted by molar-refractivity contribution is 5.84. The molecule has 104 valence electrons. The van der Waals surface area contributed by atoms with Crippen LogP contribution in [0.15, 0.2) is 12.3 Å². The molecule has 1 aliphatic rings. The van der Waals surface area contributed by atoms with Gasteiger partial charge in [0.15, 0.2) is 0 Å². The third kappa shape index (κ3) is 3.36. The highest BCUT2D eigenvalue weighted by Gasteiger charge is 2.22. The molecule has 1 fully saturated rings. The number of carbonyl (C=O) groups is 1. The van der Waals surface area contributed by atoms with Crippen molar-refractivity contribution in [3.63, 3.8) is 0 Å². The quantitative estimate of drug-likeness (QED) is 0.871. The number of rotatable bonds is 3. The Hall–Kier alpha value is -1.78. The zero-order valence-corrected chi connectivity index (χ0v) is 11.6. The minimum absolute atomic E-state index is 0.139. The number of pyridine rings is 1. The molecule has 0 aromatic carbocycles. The summed E-state index contributed by atoms with van der Waals surface area (Å²) in [7, 11) is 0. The fourth-order valence-electron chi connectivity index (χ4n) is 2.29. The molecular weight excluding hydrogens is 240 g/mol. The number of nitrogens with one attached hydrogen (secondary N) is 1. The number of aryl methyl sites for hydroxylation is 1. The van der Waals surface area contributed by atoms with Gasteiger partial charge in [-0.15, -0.1) is 0 Å². The first-order valence-electron chi connectivity index (χ1n) is 6.85. The van der Waals surface area contributed by atoms with Gasteiger partial charge in [-0.25, -0.2) is 4.98 Å². The van der Waals surface area contributed by atoms with Crippen LogP contribution in [0.1, 0.15) is 31.7 Å². The minimum atomic E-state index is -0.271. The molecule has 0 aliphatic carbocycles. The highest BCUT2D eigenvalue weighted by atomic mass is 16.2. The smallest absolute Gasteiger partial charge is 0.244 e. The van der Waals surface area contributed by atoms with Crippen molar-refractivity contribution >= 4 is 17.4 Å². The molecule has 1 amide bonds. The fraction of sp³-hybridized carbons (Fsp3) is 0.571. The minimum Gasteiger partial charge on any atom is -0.398 e. The molecule has 2 rings (SSSR count). The average molecular weight is 262 g/mol. The number of nitrogen functional groups attached to an aromatic ring is 1. The van der Waals surface area contributed by atoms with Crippen molar-refractivity contribution in [3.8, 4) is 0 Å². The predicted molar refractivity (Wildman–Crippen MR) is 76.9 cm³/mol. The van der Waals surface area contributed by atoms with Crippen LogP contribution in [-0.4, -0.2) is 34.9 Å². The van der Waals surface area contributed by atoms with Crippen LogP contribution in [0, 0.1) is 6.92 Å². The van der Waals surface area contributed by atoms with Crippen LogP contribution in [0.5, 0.6) is 0 Å². The van der Waals surface area contributed by atoms with Gasteiger partial charge in [-0.3, -0.25) is 4.79 Å². The van der Waals surface area contributed by atoms with Crippen molar-refractivity contribution in [2.24, 2.45) is 0 Å². The maximum Gasteiger partial charge on any atom is 0.244 e. The lowest BCUT2D eigenvalue weighted by Crippen LogP contribution is -2.44. The number of nitrogens with two attached hydrogens (primary N) is 1. The molecule has 0 saturated carbocycles. The van der Waals surface area contributed by atoms with Crippen molar-refractivity contribution in [3.05, 3.63) is 17.8 Å². The molecule has 0 radical (unpaired) electrons. The molecule has 1 aromatic rings. The van der Waals surface area contributed by atoms with Crippen molar-refractivity contribution in [2.45, 2.75) is 39.2 Å². The number of aromatic nitrogens is 1. The van der Waals surface area contributed by atoms with Crippen LogP contribution in [0.3, 0.4) is 0 Å². The van der Waals surface area contributed by atoms with Gasteiger partial charge in [-0.05, 0) is 38.7 Å². The monoisotopic (exact) mass is 262 g/mol.